The fourth-order valence-electron chi connectivity index (χ4n) is 5.06. The van der Waals surface area contributed by atoms with Gasteiger partial charge in [0, 0.05) is 47.4 Å². The molecule has 0 saturated carbocycles. The Morgan fingerprint density at radius 2 is 1.88 bits per heavy atom. The average molecular weight is 461 g/mol. The Labute approximate surface area is 188 Å². The molecule has 0 radical (unpaired) electrons. The van der Waals surface area contributed by atoms with E-state index in [0.717, 1.165) is 23.9 Å². The van der Waals surface area contributed by atoms with Crippen LogP contribution in [0.3, 0.4) is 0 Å². The van der Waals surface area contributed by atoms with Crippen molar-refractivity contribution in [1.82, 2.24) is 25.1 Å². The number of H-pyrrole nitrogens is 1. The number of alkyl halides is 3. The number of nitrogens with one attached hydrogen (secondary N) is 3. The topological polar surface area (TPSA) is 91.0 Å². The number of anilines is 3. The number of nitrogens with zero attached hydrogens (tertiary/aromatic N) is 4. The lowest BCUT2D eigenvalue weighted by atomic mass is 9.97. The molecule has 33 heavy (non-hydrogen) atoms. The van der Waals surface area contributed by atoms with Gasteiger partial charge in [0.1, 0.15) is 11.6 Å². The second kappa shape index (κ2) is 8.36. The first kappa shape index (κ1) is 21.7. The molecule has 0 aromatic carbocycles. The molecule has 0 aliphatic carbocycles. The SMILES string of the molecule is COc1ccc2c(NC3C[C@H]4CC[C@@H](C3)N4CC(F)(F)F)nc(Nc3cc(C)[nH]n3)cc2n1. The lowest BCUT2D eigenvalue weighted by molar-refractivity contribution is -0.155. The molecule has 1 unspecified atom stereocenters. The molecule has 2 fully saturated rings. The third-order valence-corrected chi connectivity index (χ3v) is 6.42. The second-order valence-electron chi connectivity index (χ2n) is 8.82. The molecule has 8 nitrogen and oxygen atoms in total. The largest absolute Gasteiger partial charge is 0.481 e. The van der Waals surface area contributed by atoms with Gasteiger partial charge in [0.25, 0.3) is 0 Å². The lowest BCUT2D eigenvalue weighted by Gasteiger charge is -2.39. The van der Waals surface area contributed by atoms with Crippen LogP contribution in [0.2, 0.25) is 0 Å². The van der Waals surface area contributed by atoms with E-state index in [1.165, 1.54) is 0 Å². The number of aryl methyl sites for hydroxylation is 1. The number of fused-ring (bicyclic) bond motifs is 3. The van der Waals surface area contributed by atoms with Gasteiger partial charge in [-0.2, -0.15) is 18.3 Å². The highest BCUT2D eigenvalue weighted by molar-refractivity contribution is 5.92. The monoisotopic (exact) mass is 461 g/mol. The number of aromatic amines is 1. The summed E-state index contributed by atoms with van der Waals surface area (Å²) in [5, 5.41) is 14.6. The maximum absolute atomic E-state index is 13.0. The van der Waals surface area contributed by atoms with E-state index in [9.17, 15) is 13.2 Å². The van der Waals surface area contributed by atoms with E-state index in [-0.39, 0.29) is 18.1 Å². The van der Waals surface area contributed by atoms with Crippen molar-refractivity contribution in [2.45, 2.75) is 56.9 Å². The van der Waals surface area contributed by atoms with E-state index in [1.807, 2.05) is 25.1 Å². The maximum Gasteiger partial charge on any atom is 0.401 e. The molecular formula is C22H26F3N7O. The van der Waals surface area contributed by atoms with Crippen LogP contribution < -0.4 is 15.4 Å². The van der Waals surface area contributed by atoms with E-state index in [1.54, 1.807) is 18.1 Å². The highest BCUT2D eigenvalue weighted by atomic mass is 19.4. The summed E-state index contributed by atoms with van der Waals surface area (Å²) < 4.78 is 44.3. The first-order valence-electron chi connectivity index (χ1n) is 11.0. The van der Waals surface area contributed by atoms with Gasteiger partial charge in [-0.1, -0.05) is 0 Å². The minimum atomic E-state index is -4.17. The minimum absolute atomic E-state index is 0.0349. The van der Waals surface area contributed by atoms with Crippen LogP contribution in [0.15, 0.2) is 24.3 Å². The molecule has 2 saturated heterocycles. The molecule has 3 atom stereocenters. The van der Waals surface area contributed by atoms with Crippen LogP contribution in [0.5, 0.6) is 5.88 Å². The standard InChI is InChI=1S/C22H26F3N7O/c1-12-7-19(31-30-12)28-18-10-17-16(5-6-20(27-17)33-2)21(29-18)26-13-8-14-3-4-15(9-13)32(14)11-22(23,24)25/h5-7,10,13-15H,3-4,8-9,11H2,1-2H3,(H3,26,28,29,30,31)/t13?,14-,15+. The quantitative estimate of drug-likeness (QED) is 0.502. The number of aromatic nitrogens is 4. The lowest BCUT2D eigenvalue weighted by Crippen LogP contribution is -2.50. The van der Waals surface area contributed by atoms with Gasteiger partial charge in [-0.3, -0.25) is 10.00 Å². The van der Waals surface area contributed by atoms with Crippen molar-refractivity contribution in [1.29, 1.82) is 0 Å². The van der Waals surface area contributed by atoms with Gasteiger partial charge in [0.15, 0.2) is 5.82 Å². The highest BCUT2D eigenvalue weighted by Crippen LogP contribution is 2.39. The summed E-state index contributed by atoms with van der Waals surface area (Å²) in [6.07, 6.45) is -1.28. The van der Waals surface area contributed by atoms with Crippen LogP contribution in [-0.4, -0.2) is 63.0 Å². The third kappa shape index (κ3) is 4.68. The Balaban J connectivity index is 1.41. The van der Waals surface area contributed by atoms with E-state index in [2.05, 4.69) is 25.8 Å². The van der Waals surface area contributed by atoms with E-state index >= 15 is 0 Å². The van der Waals surface area contributed by atoms with Crippen molar-refractivity contribution in [3.05, 3.63) is 30.0 Å². The molecule has 5 heterocycles. The van der Waals surface area contributed by atoms with Gasteiger partial charge in [-0.15, -0.1) is 0 Å². The first-order valence-corrected chi connectivity index (χ1v) is 11.0. The molecule has 5 rings (SSSR count). The summed E-state index contributed by atoms with van der Waals surface area (Å²) in [7, 11) is 1.56. The van der Waals surface area contributed by atoms with Crippen molar-refractivity contribution in [3.8, 4) is 5.88 Å². The van der Waals surface area contributed by atoms with Gasteiger partial charge < -0.3 is 15.4 Å². The van der Waals surface area contributed by atoms with Crippen LogP contribution in [-0.2, 0) is 0 Å². The number of ether oxygens (including phenoxy) is 1. The predicted molar refractivity (Wildman–Crippen MR) is 119 cm³/mol. The summed E-state index contributed by atoms with van der Waals surface area (Å²) in [6, 6.07) is 7.25. The Morgan fingerprint density at radius 3 is 2.52 bits per heavy atom. The molecule has 2 aliphatic rings. The normalized spacial score (nSPS) is 23.1. The highest BCUT2D eigenvalue weighted by Gasteiger charge is 2.45. The van der Waals surface area contributed by atoms with E-state index < -0.39 is 12.7 Å². The number of methoxy groups -OCH3 is 1. The Kier molecular flexibility index (Phi) is 5.51. The van der Waals surface area contributed by atoms with Crippen molar-refractivity contribution < 1.29 is 17.9 Å². The smallest absolute Gasteiger partial charge is 0.401 e. The zero-order chi connectivity index (χ0) is 23.2. The fourth-order valence-corrected chi connectivity index (χ4v) is 5.06. The van der Waals surface area contributed by atoms with Gasteiger partial charge in [-0.05, 0) is 38.7 Å². The molecule has 0 amide bonds. The van der Waals surface area contributed by atoms with E-state index in [0.29, 0.717) is 41.7 Å². The molecule has 2 aliphatic heterocycles. The Morgan fingerprint density at radius 1 is 1.12 bits per heavy atom. The van der Waals surface area contributed by atoms with Gasteiger partial charge >= 0.3 is 6.18 Å². The molecular weight excluding hydrogens is 435 g/mol. The van der Waals surface area contributed by atoms with Crippen molar-refractivity contribution in [2.24, 2.45) is 0 Å². The summed E-state index contributed by atoms with van der Waals surface area (Å²) in [6.45, 7) is 1.08. The first-order chi connectivity index (χ1) is 15.8. The van der Waals surface area contributed by atoms with Crippen LogP contribution >= 0.6 is 0 Å². The summed E-state index contributed by atoms with van der Waals surface area (Å²) in [5.41, 5.74) is 1.61. The number of hydrogen-bond acceptors (Lipinski definition) is 7. The van der Waals surface area contributed by atoms with Gasteiger partial charge in [-0.25, -0.2) is 9.97 Å². The number of hydrogen-bond donors (Lipinski definition) is 3. The summed E-state index contributed by atoms with van der Waals surface area (Å²) >= 11 is 0. The molecule has 3 aromatic heterocycles. The summed E-state index contributed by atoms with van der Waals surface area (Å²) in [4.78, 5) is 10.9. The summed E-state index contributed by atoms with van der Waals surface area (Å²) in [5.74, 6) is 2.33. The van der Waals surface area contributed by atoms with Crippen molar-refractivity contribution in [2.75, 3.05) is 24.3 Å². The predicted octanol–water partition coefficient (Wildman–Crippen LogP) is 4.38. The zero-order valence-corrected chi connectivity index (χ0v) is 18.4. The second-order valence-corrected chi connectivity index (χ2v) is 8.82. The van der Waals surface area contributed by atoms with E-state index in [4.69, 9.17) is 9.72 Å². The number of rotatable bonds is 6. The maximum atomic E-state index is 13.0. The molecule has 176 valence electrons. The third-order valence-electron chi connectivity index (χ3n) is 6.42. The van der Waals surface area contributed by atoms with Gasteiger partial charge in [0.2, 0.25) is 5.88 Å². The molecule has 11 heteroatoms. The van der Waals surface area contributed by atoms with Crippen LogP contribution in [0.1, 0.15) is 31.4 Å². The molecule has 3 aromatic rings. The van der Waals surface area contributed by atoms with Crippen LogP contribution in [0.4, 0.5) is 30.6 Å². The molecule has 3 N–H and O–H groups in total. The van der Waals surface area contributed by atoms with Crippen LogP contribution in [0.25, 0.3) is 10.9 Å². The number of piperidine rings is 1. The molecule has 0 spiro atoms. The Hall–Kier alpha value is -3.08. The Bertz CT molecular complexity index is 1130. The number of pyridine rings is 2. The molecule has 2 bridgehead atoms. The zero-order valence-electron chi connectivity index (χ0n) is 18.4. The minimum Gasteiger partial charge on any atom is -0.481 e. The van der Waals surface area contributed by atoms with Crippen molar-refractivity contribution in [3.63, 3.8) is 0 Å². The van der Waals surface area contributed by atoms with Gasteiger partial charge in [0.05, 0.1) is 19.2 Å². The fraction of sp³-hybridized carbons (Fsp3) is 0.500. The van der Waals surface area contributed by atoms with Crippen molar-refractivity contribution >= 4 is 28.4 Å². The number of halogens is 3. The average Bonchev–Trinajstić information content (AvgIpc) is 3.24. The van der Waals surface area contributed by atoms with Crippen LogP contribution in [0, 0.1) is 6.92 Å².